The van der Waals surface area contributed by atoms with Gasteiger partial charge in [0.25, 0.3) is 0 Å². The molecule has 0 saturated heterocycles. The number of aryl methyl sites for hydroxylation is 1. The lowest BCUT2D eigenvalue weighted by Gasteiger charge is -2.21. The van der Waals surface area contributed by atoms with Gasteiger partial charge in [-0.1, -0.05) is 13.3 Å². The van der Waals surface area contributed by atoms with Crippen LogP contribution in [0.2, 0.25) is 0 Å². The number of sulfonamides is 1. The van der Waals surface area contributed by atoms with Crippen molar-refractivity contribution in [1.82, 2.24) is 4.72 Å². The Morgan fingerprint density at radius 3 is 2.71 bits per heavy atom. The minimum atomic E-state index is -3.51. The molecule has 2 unspecified atom stereocenters. The second-order valence-corrected chi connectivity index (χ2v) is 8.83. The van der Waals surface area contributed by atoms with Crippen LogP contribution >= 0.6 is 11.8 Å². The fraction of sp³-hybridized carbons (Fsp3) is 0.600. The second-order valence-electron chi connectivity index (χ2n) is 5.63. The van der Waals surface area contributed by atoms with Crippen molar-refractivity contribution in [3.63, 3.8) is 0 Å². The highest BCUT2D eigenvalue weighted by molar-refractivity contribution is 8.00. The largest absolute Gasteiger partial charge is 0.398 e. The Labute approximate surface area is 131 Å². The maximum Gasteiger partial charge on any atom is 0.241 e. The average Bonchev–Trinajstić information content (AvgIpc) is 2.81. The molecule has 1 aliphatic carbocycles. The van der Waals surface area contributed by atoms with E-state index < -0.39 is 10.0 Å². The molecule has 0 bridgehead atoms. The first-order valence-corrected chi connectivity index (χ1v) is 9.89. The van der Waals surface area contributed by atoms with Gasteiger partial charge in [0.05, 0.1) is 4.90 Å². The molecule has 4 nitrogen and oxygen atoms in total. The molecule has 118 valence electrons. The van der Waals surface area contributed by atoms with E-state index in [0.29, 0.717) is 21.4 Å². The van der Waals surface area contributed by atoms with E-state index in [2.05, 4.69) is 11.6 Å². The monoisotopic (exact) mass is 328 g/mol. The molecular weight excluding hydrogens is 304 g/mol. The molecule has 1 aliphatic rings. The van der Waals surface area contributed by atoms with Gasteiger partial charge in [-0.25, -0.2) is 13.1 Å². The van der Waals surface area contributed by atoms with Gasteiger partial charge < -0.3 is 5.73 Å². The molecule has 0 heterocycles. The normalized spacial score (nSPS) is 22.6. The van der Waals surface area contributed by atoms with Crippen molar-refractivity contribution in [2.45, 2.75) is 56.2 Å². The van der Waals surface area contributed by atoms with E-state index in [1.807, 2.05) is 18.7 Å². The van der Waals surface area contributed by atoms with Crippen LogP contribution in [-0.2, 0) is 10.0 Å². The number of hydrogen-bond donors (Lipinski definition) is 2. The number of nitrogens with two attached hydrogens (primary N) is 1. The number of anilines is 1. The molecule has 6 heteroatoms. The summed E-state index contributed by atoms with van der Waals surface area (Å²) in [4.78, 5) is 0.312. The predicted octanol–water partition coefficient (Wildman–Crippen LogP) is 2.84. The van der Waals surface area contributed by atoms with Gasteiger partial charge in [-0.15, -0.1) is 0 Å². The molecular formula is C15H24N2O2S2. The minimum absolute atomic E-state index is 0.0288. The highest BCUT2D eigenvalue weighted by Gasteiger charge is 2.32. The number of hydrogen-bond acceptors (Lipinski definition) is 4. The molecule has 2 atom stereocenters. The van der Waals surface area contributed by atoms with Gasteiger partial charge >= 0.3 is 0 Å². The topological polar surface area (TPSA) is 72.2 Å². The summed E-state index contributed by atoms with van der Waals surface area (Å²) in [5.74, 6) is 1.01. The number of rotatable bonds is 5. The number of nitrogen functional groups attached to an aromatic ring is 1. The average molecular weight is 329 g/mol. The zero-order valence-corrected chi connectivity index (χ0v) is 14.5. The van der Waals surface area contributed by atoms with Crippen molar-refractivity contribution in [2.75, 3.05) is 11.5 Å². The molecule has 1 aromatic rings. The first-order chi connectivity index (χ1) is 9.85. The molecule has 0 aromatic heterocycles. The Hall–Kier alpha value is -0.720. The molecule has 2 rings (SSSR count). The van der Waals surface area contributed by atoms with Crippen molar-refractivity contribution in [3.8, 4) is 0 Å². The van der Waals surface area contributed by atoms with E-state index in [1.165, 1.54) is 0 Å². The van der Waals surface area contributed by atoms with Gasteiger partial charge in [0.1, 0.15) is 0 Å². The van der Waals surface area contributed by atoms with Crippen LogP contribution in [0.1, 0.15) is 37.3 Å². The van der Waals surface area contributed by atoms with Gasteiger partial charge in [-0.2, -0.15) is 11.8 Å². The van der Waals surface area contributed by atoms with Crippen LogP contribution in [0.15, 0.2) is 17.0 Å². The third-order valence-electron chi connectivity index (χ3n) is 3.97. The van der Waals surface area contributed by atoms with E-state index in [1.54, 1.807) is 19.1 Å². The Morgan fingerprint density at radius 1 is 1.33 bits per heavy atom. The number of benzene rings is 1. The smallest absolute Gasteiger partial charge is 0.241 e. The summed E-state index contributed by atoms with van der Waals surface area (Å²) in [7, 11) is -3.51. The van der Waals surface area contributed by atoms with Crippen molar-refractivity contribution < 1.29 is 8.42 Å². The lowest BCUT2D eigenvalue weighted by molar-refractivity contribution is 0.554. The lowest BCUT2D eigenvalue weighted by atomic mass is 10.1. The molecule has 21 heavy (non-hydrogen) atoms. The minimum Gasteiger partial charge on any atom is -0.398 e. The van der Waals surface area contributed by atoms with E-state index in [0.717, 1.165) is 30.6 Å². The van der Waals surface area contributed by atoms with Crippen molar-refractivity contribution in [3.05, 3.63) is 23.3 Å². The van der Waals surface area contributed by atoms with Crippen molar-refractivity contribution >= 4 is 27.5 Å². The summed E-state index contributed by atoms with van der Waals surface area (Å²) in [5.41, 5.74) is 7.93. The zero-order chi connectivity index (χ0) is 15.6. The van der Waals surface area contributed by atoms with Gasteiger partial charge in [-0.3, -0.25) is 0 Å². The van der Waals surface area contributed by atoms with Gasteiger partial charge in [0, 0.05) is 17.0 Å². The number of thioether (sulfide) groups is 1. The Morgan fingerprint density at radius 2 is 2.05 bits per heavy atom. The first kappa shape index (κ1) is 16.6. The van der Waals surface area contributed by atoms with Crippen LogP contribution in [0.3, 0.4) is 0 Å². The summed E-state index contributed by atoms with van der Waals surface area (Å²) >= 11 is 1.84. The van der Waals surface area contributed by atoms with E-state index >= 15 is 0 Å². The van der Waals surface area contributed by atoms with Gasteiger partial charge in [-0.05, 0) is 55.7 Å². The lowest BCUT2D eigenvalue weighted by Crippen LogP contribution is -2.39. The maximum atomic E-state index is 12.7. The van der Waals surface area contributed by atoms with Gasteiger partial charge in [0.15, 0.2) is 0 Å². The Bertz CT molecular complexity index is 614. The van der Waals surface area contributed by atoms with Crippen LogP contribution in [0, 0.1) is 13.8 Å². The summed E-state index contributed by atoms with van der Waals surface area (Å²) < 4.78 is 28.3. The summed E-state index contributed by atoms with van der Waals surface area (Å²) in [6.07, 6.45) is 3.08. The third-order valence-corrected chi connectivity index (χ3v) is 6.92. The molecule has 0 amide bonds. The molecule has 1 aromatic carbocycles. The molecule has 3 N–H and O–H groups in total. The summed E-state index contributed by atoms with van der Waals surface area (Å²) in [5, 5.41) is 0.382. The molecule has 1 fully saturated rings. The molecule has 0 radical (unpaired) electrons. The van der Waals surface area contributed by atoms with Crippen molar-refractivity contribution in [1.29, 1.82) is 0 Å². The van der Waals surface area contributed by atoms with Crippen LogP contribution in [0.4, 0.5) is 5.69 Å². The molecule has 1 saturated carbocycles. The second kappa shape index (κ2) is 6.58. The standard InChI is InChI=1S/C15H24N2O2S2/c1-4-20-14-7-5-6-13(14)17-21(18,19)15-9-10(2)8-12(16)11(15)3/h8-9,13-14,17H,4-7,16H2,1-3H3. The van der Waals surface area contributed by atoms with Crippen LogP contribution in [0.25, 0.3) is 0 Å². The first-order valence-electron chi connectivity index (χ1n) is 7.35. The maximum absolute atomic E-state index is 12.7. The summed E-state index contributed by atoms with van der Waals surface area (Å²) in [6.45, 7) is 5.73. The van der Waals surface area contributed by atoms with Gasteiger partial charge in [0.2, 0.25) is 10.0 Å². The SMILES string of the molecule is CCSC1CCCC1NS(=O)(=O)c1cc(C)cc(N)c1C. The third kappa shape index (κ3) is 3.73. The highest BCUT2D eigenvalue weighted by atomic mass is 32.2. The fourth-order valence-electron chi connectivity index (χ4n) is 2.87. The Balaban J connectivity index is 2.27. The van der Waals surface area contributed by atoms with Crippen molar-refractivity contribution in [2.24, 2.45) is 0 Å². The highest BCUT2D eigenvalue weighted by Crippen LogP contribution is 2.31. The van der Waals surface area contributed by atoms with Crippen LogP contribution < -0.4 is 10.5 Å². The zero-order valence-electron chi connectivity index (χ0n) is 12.8. The quantitative estimate of drug-likeness (QED) is 0.815. The Kier molecular flexibility index (Phi) is 5.22. The van der Waals surface area contributed by atoms with Crippen LogP contribution in [0.5, 0.6) is 0 Å². The fourth-order valence-corrected chi connectivity index (χ4v) is 5.82. The number of nitrogens with one attached hydrogen (secondary N) is 1. The molecule has 0 spiro atoms. The predicted molar refractivity (Wildman–Crippen MR) is 90.2 cm³/mol. The van der Waals surface area contributed by atoms with E-state index in [9.17, 15) is 8.42 Å². The summed E-state index contributed by atoms with van der Waals surface area (Å²) in [6, 6.07) is 3.53. The molecule has 0 aliphatic heterocycles. The van der Waals surface area contributed by atoms with E-state index in [-0.39, 0.29) is 6.04 Å². The van der Waals surface area contributed by atoms with Crippen LogP contribution in [-0.4, -0.2) is 25.5 Å². The van der Waals surface area contributed by atoms with E-state index in [4.69, 9.17) is 5.73 Å².